The molecule has 0 saturated carbocycles. The molecule has 1 fully saturated rings. The van der Waals surface area contributed by atoms with Gasteiger partial charge < -0.3 is 5.32 Å². The van der Waals surface area contributed by atoms with Gasteiger partial charge in [0.05, 0.1) is 4.92 Å². The summed E-state index contributed by atoms with van der Waals surface area (Å²) >= 11 is 1.78. The van der Waals surface area contributed by atoms with Crippen molar-refractivity contribution < 1.29 is 13.3 Å². The van der Waals surface area contributed by atoms with Gasteiger partial charge in [-0.25, -0.2) is 13.1 Å². The van der Waals surface area contributed by atoms with E-state index in [4.69, 9.17) is 0 Å². The van der Waals surface area contributed by atoms with Gasteiger partial charge in [0, 0.05) is 24.8 Å². The zero-order chi connectivity index (χ0) is 15.5. The standard InChI is InChI=1S/C12H17N3O4S2/c1-13-10-2-3-11(15(16)17)12(8-10)21(18,19)14-9-4-6-20-7-5-9/h2-3,8-9,13-14H,4-7H2,1H3. The van der Waals surface area contributed by atoms with Crippen molar-refractivity contribution in [3.63, 3.8) is 0 Å². The lowest BCUT2D eigenvalue weighted by molar-refractivity contribution is -0.387. The summed E-state index contributed by atoms with van der Waals surface area (Å²) in [5, 5.41) is 13.8. The average molecular weight is 331 g/mol. The lowest BCUT2D eigenvalue weighted by atomic mass is 10.2. The van der Waals surface area contributed by atoms with Crippen LogP contribution in [0.4, 0.5) is 11.4 Å². The predicted molar refractivity (Wildman–Crippen MR) is 83.3 cm³/mol. The van der Waals surface area contributed by atoms with Crippen LogP contribution in [0, 0.1) is 10.1 Å². The number of rotatable bonds is 5. The molecule has 1 aromatic rings. The normalized spacial score (nSPS) is 16.6. The fraction of sp³-hybridized carbons (Fsp3) is 0.500. The van der Waals surface area contributed by atoms with E-state index in [9.17, 15) is 18.5 Å². The van der Waals surface area contributed by atoms with Crippen LogP contribution in [0.2, 0.25) is 0 Å². The van der Waals surface area contributed by atoms with E-state index >= 15 is 0 Å². The van der Waals surface area contributed by atoms with Crippen LogP contribution in [-0.4, -0.2) is 37.9 Å². The fourth-order valence-electron chi connectivity index (χ4n) is 2.13. The predicted octanol–water partition coefficient (Wildman–Crippen LogP) is 1.81. The minimum Gasteiger partial charge on any atom is -0.388 e. The zero-order valence-corrected chi connectivity index (χ0v) is 13.2. The number of nitro groups is 1. The number of thioether (sulfide) groups is 1. The number of anilines is 1. The summed E-state index contributed by atoms with van der Waals surface area (Å²) in [4.78, 5) is 10.1. The van der Waals surface area contributed by atoms with E-state index < -0.39 is 20.6 Å². The van der Waals surface area contributed by atoms with Crippen LogP contribution in [0.25, 0.3) is 0 Å². The molecule has 0 bridgehead atoms. The Morgan fingerprint density at radius 1 is 1.33 bits per heavy atom. The highest BCUT2D eigenvalue weighted by molar-refractivity contribution is 7.99. The summed E-state index contributed by atoms with van der Waals surface area (Å²) < 4.78 is 27.5. The Labute approximate surface area is 127 Å². The summed E-state index contributed by atoms with van der Waals surface area (Å²) in [5.74, 6) is 1.79. The first-order valence-electron chi connectivity index (χ1n) is 6.50. The summed E-state index contributed by atoms with van der Waals surface area (Å²) in [5.41, 5.74) is 0.104. The van der Waals surface area contributed by atoms with Crippen molar-refractivity contribution in [1.82, 2.24) is 4.72 Å². The lowest BCUT2D eigenvalue weighted by Gasteiger charge is -2.22. The molecular weight excluding hydrogens is 314 g/mol. The van der Waals surface area contributed by atoms with Gasteiger partial charge in [0.25, 0.3) is 5.69 Å². The smallest absolute Gasteiger partial charge is 0.289 e. The second-order valence-corrected chi connectivity index (χ2v) is 7.60. The molecule has 0 atom stereocenters. The fourth-order valence-corrected chi connectivity index (χ4v) is 4.74. The first-order chi connectivity index (χ1) is 9.94. The van der Waals surface area contributed by atoms with E-state index in [0.29, 0.717) is 5.69 Å². The number of sulfonamides is 1. The largest absolute Gasteiger partial charge is 0.388 e. The van der Waals surface area contributed by atoms with E-state index in [1.165, 1.54) is 18.2 Å². The Balaban J connectivity index is 2.35. The van der Waals surface area contributed by atoms with Gasteiger partial charge in [-0.15, -0.1) is 0 Å². The lowest BCUT2D eigenvalue weighted by Crippen LogP contribution is -2.37. The van der Waals surface area contributed by atoms with E-state index in [1.54, 1.807) is 18.8 Å². The van der Waals surface area contributed by atoms with Crippen LogP contribution < -0.4 is 10.0 Å². The highest BCUT2D eigenvalue weighted by Gasteiger charge is 2.29. The maximum absolute atomic E-state index is 12.4. The van der Waals surface area contributed by atoms with E-state index in [0.717, 1.165) is 24.3 Å². The van der Waals surface area contributed by atoms with Gasteiger partial charge in [0.1, 0.15) is 0 Å². The Bertz CT molecular complexity index is 627. The Kier molecular flexibility index (Phi) is 5.07. The molecule has 2 rings (SSSR count). The molecule has 7 nitrogen and oxygen atoms in total. The van der Waals surface area contributed by atoms with Crippen molar-refractivity contribution in [3.05, 3.63) is 28.3 Å². The van der Waals surface area contributed by atoms with Crippen molar-refractivity contribution in [2.24, 2.45) is 0 Å². The third kappa shape index (κ3) is 3.86. The van der Waals surface area contributed by atoms with Gasteiger partial charge in [-0.2, -0.15) is 11.8 Å². The Hall–Kier alpha value is -1.32. The first kappa shape index (κ1) is 16.1. The van der Waals surface area contributed by atoms with Crippen LogP contribution in [-0.2, 0) is 10.0 Å². The van der Waals surface area contributed by atoms with Gasteiger partial charge in [0.15, 0.2) is 4.90 Å². The van der Waals surface area contributed by atoms with Crippen molar-refractivity contribution in [2.75, 3.05) is 23.9 Å². The molecule has 0 aromatic heterocycles. The minimum absolute atomic E-state index is 0.158. The van der Waals surface area contributed by atoms with Crippen LogP contribution in [0.1, 0.15) is 12.8 Å². The van der Waals surface area contributed by atoms with Crippen LogP contribution in [0.5, 0.6) is 0 Å². The molecule has 0 spiro atoms. The molecule has 0 unspecified atom stereocenters. The van der Waals surface area contributed by atoms with Crippen molar-refractivity contribution >= 4 is 33.2 Å². The van der Waals surface area contributed by atoms with Gasteiger partial charge in [-0.1, -0.05) is 0 Å². The molecule has 1 heterocycles. The summed E-state index contributed by atoms with van der Waals surface area (Å²) in [6.45, 7) is 0. The molecule has 2 N–H and O–H groups in total. The second-order valence-electron chi connectivity index (χ2n) is 4.70. The molecule has 0 radical (unpaired) electrons. The van der Waals surface area contributed by atoms with Gasteiger partial charge in [0.2, 0.25) is 10.0 Å². The molecule has 116 valence electrons. The van der Waals surface area contributed by atoms with Crippen LogP contribution in [0.15, 0.2) is 23.1 Å². The van der Waals surface area contributed by atoms with Crippen molar-refractivity contribution in [3.8, 4) is 0 Å². The molecule has 9 heteroatoms. The third-order valence-corrected chi connectivity index (χ3v) is 5.88. The number of hydrogen-bond donors (Lipinski definition) is 2. The first-order valence-corrected chi connectivity index (χ1v) is 9.14. The number of benzene rings is 1. The topological polar surface area (TPSA) is 101 Å². The highest BCUT2D eigenvalue weighted by atomic mass is 32.2. The third-order valence-electron chi connectivity index (χ3n) is 3.28. The Morgan fingerprint density at radius 3 is 2.57 bits per heavy atom. The van der Waals surface area contributed by atoms with Gasteiger partial charge >= 0.3 is 0 Å². The molecule has 1 saturated heterocycles. The zero-order valence-electron chi connectivity index (χ0n) is 11.5. The molecular formula is C12H17N3O4S2. The average Bonchev–Trinajstić information content (AvgIpc) is 2.47. The summed E-state index contributed by atoms with van der Waals surface area (Å²) in [6, 6.07) is 3.82. The summed E-state index contributed by atoms with van der Waals surface area (Å²) in [6.07, 6.45) is 1.48. The molecule has 0 aliphatic carbocycles. The van der Waals surface area contributed by atoms with Gasteiger partial charge in [-0.05, 0) is 36.5 Å². The monoisotopic (exact) mass is 331 g/mol. The highest BCUT2D eigenvalue weighted by Crippen LogP contribution is 2.28. The summed E-state index contributed by atoms with van der Waals surface area (Å²) in [7, 11) is -2.28. The van der Waals surface area contributed by atoms with E-state index in [2.05, 4.69) is 10.0 Å². The van der Waals surface area contributed by atoms with E-state index in [-0.39, 0.29) is 10.9 Å². The molecule has 21 heavy (non-hydrogen) atoms. The number of nitrogens with one attached hydrogen (secondary N) is 2. The van der Waals surface area contributed by atoms with Crippen LogP contribution >= 0.6 is 11.8 Å². The molecule has 1 aliphatic rings. The quantitative estimate of drug-likeness (QED) is 0.630. The minimum atomic E-state index is -3.91. The number of nitro benzene ring substituents is 1. The molecule has 1 aliphatic heterocycles. The molecule has 0 amide bonds. The van der Waals surface area contributed by atoms with E-state index in [1.807, 2.05) is 0 Å². The second kappa shape index (κ2) is 6.63. The Morgan fingerprint density at radius 2 is 2.00 bits per heavy atom. The van der Waals surface area contributed by atoms with Crippen molar-refractivity contribution in [2.45, 2.75) is 23.8 Å². The molecule has 1 aromatic carbocycles. The number of nitrogens with zero attached hydrogens (tertiary/aromatic N) is 1. The maximum Gasteiger partial charge on any atom is 0.289 e. The number of hydrogen-bond acceptors (Lipinski definition) is 6. The van der Waals surface area contributed by atoms with Gasteiger partial charge in [-0.3, -0.25) is 10.1 Å². The maximum atomic E-state index is 12.4. The van der Waals surface area contributed by atoms with Crippen LogP contribution in [0.3, 0.4) is 0 Å². The van der Waals surface area contributed by atoms with Crippen molar-refractivity contribution in [1.29, 1.82) is 0 Å². The SMILES string of the molecule is CNc1ccc([N+](=O)[O-])c(S(=O)(=O)NC2CCSCC2)c1.